The summed E-state index contributed by atoms with van der Waals surface area (Å²) in [6, 6.07) is 17.4. The first kappa shape index (κ1) is 32.3. The first-order chi connectivity index (χ1) is 17.0. The number of aliphatic imine (C=N–C) groups is 1. The number of fused-ring (bicyclic) bond motifs is 2. The number of rotatable bonds is 8. The standard InChI is InChI=1S/C21H26N2S.2C2H6O3S/c1-3-23(4-2)15-9-14-22-21-18-11-6-5-10-17(18)16-24-20-13-8-7-12-19(20)21;2*1-2-6(3,4)5/h5-8,10-13H,3-4,9,14-16H2,1-2H3;2*2H2,1H3,(H,3,4,5). The second-order valence-electron chi connectivity index (χ2n) is 7.79. The fourth-order valence-corrected chi connectivity index (χ4v) is 4.22. The van der Waals surface area contributed by atoms with Gasteiger partial charge >= 0.3 is 0 Å². The number of thioether (sulfide) groups is 1. The Balaban J connectivity index is 0.000000450. The van der Waals surface area contributed by atoms with E-state index in [9.17, 15) is 16.8 Å². The Kier molecular flexibility index (Phi) is 14.5. The van der Waals surface area contributed by atoms with Crippen molar-refractivity contribution in [3.8, 4) is 0 Å². The highest BCUT2D eigenvalue weighted by molar-refractivity contribution is 7.98. The van der Waals surface area contributed by atoms with Gasteiger partial charge in [0.25, 0.3) is 20.2 Å². The zero-order chi connectivity index (χ0) is 27.2. The largest absolute Gasteiger partial charge is 0.304 e. The Bertz CT molecular complexity index is 1100. The van der Waals surface area contributed by atoms with Gasteiger partial charge in [-0.3, -0.25) is 14.1 Å². The van der Waals surface area contributed by atoms with Crippen LogP contribution in [-0.4, -0.2) is 74.2 Å². The molecule has 2 N–H and O–H groups in total. The number of nitrogens with zero attached hydrogens (tertiary/aromatic N) is 2. The first-order valence-electron chi connectivity index (χ1n) is 11.9. The van der Waals surface area contributed by atoms with Gasteiger partial charge in [0.15, 0.2) is 0 Å². The molecule has 8 nitrogen and oxygen atoms in total. The molecular formula is C25H38N2O6S3. The fraction of sp³-hybridized carbons (Fsp3) is 0.480. The Morgan fingerprint density at radius 3 is 1.86 bits per heavy atom. The van der Waals surface area contributed by atoms with Gasteiger partial charge in [-0.25, -0.2) is 0 Å². The summed E-state index contributed by atoms with van der Waals surface area (Å²) >= 11 is 1.92. The van der Waals surface area contributed by atoms with Crippen LogP contribution in [-0.2, 0) is 26.0 Å². The lowest BCUT2D eigenvalue weighted by molar-refractivity contribution is 0.302. The van der Waals surface area contributed by atoms with Crippen molar-refractivity contribution in [3.63, 3.8) is 0 Å². The molecular weight excluding hydrogens is 520 g/mol. The van der Waals surface area contributed by atoms with Crippen LogP contribution in [0.1, 0.15) is 50.8 Å². The summed E-state index contributed by atoms with van der Waals surface area (Å²) in [6.45, 7) is 11.4. The molecule has 0 radical (unpaired) electrons. The van der Waals surface area contributed by atoms with Gasteiger partial charge in [0.2, 0.25) is 0 Å². The molecule has 1 aliphatic heterocycles. The van der Waals surface area contributed by atoms with E-state index in [2.05, 4.69) is 67.3 Å². The van der Waals surface area contributed by atoms with E-state index in [1.807, 2.05) is 11.8 Å². The minimum absolute atomic E-state index is 0.201. The summed E-state index contributed by atoms with van der Waals surface area (Å²) in [5.41, 5.74) is 5.15. The lowest BCUT2D eigenvalue weighted by atomic mass is 9.98. The summed E-state index contributed by atoms with van der Waals surface area (Å²) in [5, 5.41) is 0. The molecule has 0 unspecified atom stereocenters. The minimum Gasteiger partial charge on any atom is -0.304 e. The predicted molar refractivity (Wildman–Crippen MR) is 150 cm³/mol. The van der Waals surface area contributed by atoms with Gasteiger partial charge in [-0.05, 0) is 51.5 Å². The van der Waals surface area contributed by atoms with Crippen molar-refractivity contribution in [2.75, 3.05) is 37.7 Å². The molecule has 0 bridgehead atoms. The molecule has 0 amide bonds. The fourth-order valence-electron chi connectivity index (χ4n) is 3.16. The Morgan fingerprint density at radius 2 is 1.33 bits per heavy atom. The Morgan fingerprint density at radius 1 is 0.833 bits per heavy atom. The predicted octanol–water partition coefficient (Wildman–Crippen LogP) is 4.65. The second-order valence-corrected chi connectivity index (χ2v) is 12.3. The zero-order valence-electron chi connectivity index (χ0n) is 21.4. The lowest BCUT2D eigenvalue weighted by Gasteiger charge is -2.17. The van der Waals surface area contributed by atoms with E-state index in [4.69, 9.17) is 14.1 Å². The monoisotopic (exact) mass is 558 g/mol. The average molecular weight is 559 g/mol. The van der Waals surface area contributed by atoms with Crippen molar-refractivity contribution in [1.82, 2.24) is 4.90 Å². The normalized spacial score (nSPS) is 14.0. The molecule has 0 spiro atoms. The summed E-state index contributed by atoms with van der Waals surface area (Å²) in [5.74, 6) is 0.617. The van der Waals surface area contributed by atoms with E-state index in [-0.39, 0.29) is 11.5 Å². The van der Waals surface area contributed by atoms with Crippen molar-refractivity contribution in [2.45, 2.75) is 44.8 Å². The number of hydrogen-bond donors (Lipinski definition) is 2. The van der Waals surface area contributed by atoms with E-state index < -0.39 is 20.2 Å². The summed E-state index contributed by atoms with van der Waals surface area (Å²) in [6.07, 6.45) is 1.11. The van der Waals surface area contributed by atoms with Gasteiger partial charge in [-0.2, -0.15) is 16.8 Å². The minimum atomic E-state index is -3.66. The second kappa shape index (κ2) is 16.2. The van der Waals surface area contributed by atoms with E-state index in [1.165, 1.54) is 41.1 Å². The zero-order valence-corrected chi connectivity index (χ0v) is 23.9. The number of benzene rings is 2. The molecule has 1 aliphatic rings. The molecule has 1 heterocycles. The van der Waals surface area contributed by atoms with Crippen LogP contribution in [0.25, 0.3) is 0 Å². The third-order valence-electron chi connectivity index (χ3n) is 5.32. The van der Waals surface area contributed by atoms with Crippen LogP contribution in [0.15, 0.2) is 58.4 Å². The summed E-state index contributed by atoms with van der Waals surface area (Å²) < 4.78 is 53.8. The number of hydrogen-bond acceptors (Lipinski definition) is 7. The molecule has 0 aromatic heterocycles. The van der Waals surface area contributed by atoms with Gasteiger partial charge < -0.3 is 4.90 Å². The van der Waals surface area contributed by atoms with Crippen molar-refractivity contribution in [2.24, 2.45) is 4.99 Å². The maximum absolute atomic E-state index is 9.56. The highest BCUT2D eigenvalue weighted by atomic mass is 32.2. The first-order valence-corrected chi connectivity index (χ1v) is 16.1. The third kappa shape index (κ3) is 12.5. The van der Waals surface area contributed by atoms with Gasteiger partial charge in [-0.15, -0.1) is 11.8 Å². The van der Waals surface area contributed by atoms with Crippen molar-refractivity contribution in [1.29, 1.82) is 0 Å². The third-order valence-corrected chi connectivity index (χ3v) is 7.91. The smallest absolute Gasteiger partial charge is 0.264 e. The molecule has 3 rings (SSSR count). The summed E-state index contributed by atoms with van der Waals surface area (Å²) in [4.78, 5) is 8.85. The summed E-state index contributed by atoms with van der Waals surface area (Å²) in [7, 11) is -7.32. The van der Waals surface area contributed by atoms with E-state index in [0.717, 1.165) is 38.4 Å². The van der Waals surface area contributed by atoms with Crippen LogP contribution in [0.5, 0.6) is 0 Å². The van der Waals surface area contributed by atoms with Crippen LogP contribution < -0.4 is 0 Å². The van der Waals surface area contributed by atoms with E-state index in [0.29, 0.717) is 0 Å². The molecule has 11 heteroatoms. The highest BCUT2D eigenvalue weighted by Gasteiger charge is 2.18. The van der Waals surface area contributed by atoms with Gasteiger partial charge in [-0.1, -0.05) is 56.3 Å². The molecule has 2 aromatic rings. The van der Waals surface area contributed by atoms with Crippen molar-refractivity contribution >= 4 is 37.7 Å². The molecule has 36 heavy (non-hydrogen) atoms. The van der Waals surface area contributed by atoms with Gasteiger partial charge in [0.05, 0.1) is 17.2 Å². The molecule has 0 aliphatic carbocycles. The highest BCUT2D eigenvalue weighted by Crippen LogP contribution is 2.33. The van der Waals surface area contributed by atoms with Gasteiger partial charge in [0.1, 0.15) is 0 Å². The molecule has 0 atom stereocenters. The van der Waals surface area contributed by atoms with Crippen LogP contribution in [0.2, 0.25) is 0 Å². The van der Waals surface area contributed by atoms with E-state index in [1.54, 1.807) is 0 Å². The quantitative estimate of drug-likeness (QED) is 0.354. The van der Waals surface area contributed by atoms with Crippen LogP contribution in [0, 0.1) is 0 Å². The molecule has 0 saturated heterocycles. The average Bonchev–Trinajstić information content (AvgIpc) is 3.01. The topological polar surface area (TPSA) is 124 Å². The van der Waals surface area contributed by atoms with Crippen molar-refractivity contribution in [3.05, 3.63) is 65.2 Å². The molecule has 0 saturated carbocycles. The maximum Gasteiger partial charge on any atom is 0.264 e. The Hall–Kier alpha value is -1.76. The van der Waals surface area contributed by atoms with Crippen LogP contribution in [0.4, 0.5) is 0 Å². The van der Waals surface area contributed by atoms with Crippen LogP contribution >= 0.6 is 11.8 Å². The van der Waals surface area contributed by atoms with E-state index >= 15 is 0 Å². The van der Waals surface area contributed by atoms with Crippen molar-refractivity contribution < 1.29 is 25.9 Å². The molecule has 2 aromatic carbocycles. The molecule has 0 fully saturated rings. The lowest BCUT2D eigenvalue weighted by Crippen LogP contribution is -2.24. The molecule has 202 valence electrons. The van der Waals surface area contributed by atoms with Crippen LogP contribution in [0.3, 0.4) is 0 Å². The maximum atomic E-state index is 9.56. The SMILES string of the molecule is CCN(CC)CCCN=C1c2ccccc2CSc2ccccc21.CCS(=O)(=O)O.CCS(=O)(=O)O. The van der Waals surface area contributed by atoms with Gasteiger partial charge in [0, 0.05) is 28.3 Å². The Labute approximate surface area is 220 Å².